The maximum atomic E-state index is 11.3. The maximum Gasteiger partial charge on any atom is 0.407 e. The molecule has 16 heavy (non-hydrogen) atoms. The minimum absolute atomic E-state index is 0.0709. The molecule has 0 heterocycles. The molecule has 0 atom stereocenters. The number of hydrogen-bond donors (Lipinski definition) is 1. The fraction of sp³-hybridized carbons (Fsp3) is 0.833. The van der Waals surface area contributed by atoms with Crippen LogP contribution in [0.1, 0.15) is 47.5 Å². The predicted octanol–water partition coefficient (Wildman–Crippen LogP) is 2.52. The van der Waals surface area contributed by atoms with E-state index < -0.39 is 11.7 Å². The summed E-state index contributed by atoms with van der Waals surface area (Å²) >= 11 is 0. The number of hydrogen-bond acceptors (Lipinski definition) is 3. The average molecular weight is 229 g/mol. The Labute approximate surface area is 97.7 Å². The smallest absolute Gasteiger partial charge is 0.407 e. The summed E-state index contributed by atoms with van der Waals surface area (Å²) < 4.78 is 5.06. The number of rotatable bonds is 5. The summed E-state index contributed by atoms with van der Waals surface area (Å²) in [6, 6.07) is 0. The van der Waals surface area contributed by atoms with E-state index in [2.05, 4.69) is 5.32 Å². The Morgan fingerprint density at radius 3 is 2.25 bits per heavy atom. The molecule has 0 radical (unpaired) electrons. The van der Waals surface area contributed by atoms with Gasteiger partial charge in [-0.1, -0.05) is 13.8 Å². The van der Waals surface area contributed by atoms with Gasteiger partial charge >= 0.3 is 6.09 Å². The van der Waals surface area contributed by atoms with Crippen molar-refractivity contribution in [3.05, 3.63) is 0 Å². The fourth-order valence-electron chi connectivity index (χ4n) is 1.06. The summed E-state index contributed by atoms with van der Waals surface area (Å²) in [5, 5.41) is 2.62. The Balaban J connectivity index is 3.60. The van der Waals surface area contributed by atoms with Crippen molar-refractivity contribution in [1.82, 2.24) is 5.32 Å². The number of carbonyl (C=O) groups is 2. The van der Waals surface area contributed by atoms with Gasteiger partial charge in [0.1, 0.15) is 11.4 Å². The van der Waals surface area contributed by atoms with E-state index in [9.17, 15) is 9.59 Å². The van der Waals surface area contributed by atoms with Gasteiger partial charge in [-0.15, -0.1) is 0 Å². The molecule has 0 rings (SSSR count). The van der Waals surface area contributed by atoms with E-state index >= 15 is 0 Å². The average Bonchev–Trinajstić information content (AvgIpc) is 2.08. The molecule has 0 aromatic carbocycles. The lowest BCUT2D eigenvalue weighted by Crippen LogP contribution is -2.33. The van der Waals surface area contributed by atoms with Crippen LogP contribution >= 0.6 is 0 Å². The van der Waals surface area contributed by atoms with Gasteiger partial charge in [0.2, 0.25) is 0 Å². The highest BCUT2D eigenvalue weighted by Gasteiger charge is 2.15. The standard InChI is InChI=1S/C12H23NO3/c1-9(2)10(14)7-6-8-13-11(15)16-12(3,4)5/h9H,6-8H2,1-5H3,(H,13,15). The summed E-state index contributed by atoms with van der Waals surface area (Å²) in [4.78, 5) is 22.5. The lowest BCUT2D eigenvalue weighted by molar-refractivity contribution is -0.121. The second-order valence-electron chi connectivity index (χ2n) is 5.15. The Morgan fingerprint density at radius 1 is 1.25 bits per heavy atom. The monoisotopic (exact) mass is 229 g/mol. The first kappa shape index (κ1) is 14.9. The number of ether oxygens (including phenoxy) is 1. The Hall–Kier alpha value is -1.06. The summed E-state index contributed by atoms with van der Waals surface area (Å²) in [6.45, 7) is 9.68. The molecule has 0 aliphatic carbocycles. The van der Waals surface area contributed by atoms with E-state index in [1.54, 1.807) is 0 Å². The van der Waals surface area contributed by atoms with Gasteiger partial charge in [0, 0.05) is 18.9 Å². The van der Waals surface area contributed by atoms with Gasteiger partial charge in [-0.05, 0) is 27.2 Å². The third-order valence-electron chi connectivity index (χ3n) is 1.91. The molecule has 0 saturated heterocycles. The first-order chi connectivity index (χ1) is 7.22. The van der Waals surface area contributed by atoms with Crippen LogP contribution in [0.5, 0.6) is 0 Å². The fourth-order valence-corrected chi connectivity index (χ4v) is 1.06. The van der Waals surface area contributed by atoms with Crippen molar-refractivity contribution in [2.24, 2.45) is 5.92 Å². The lowest BCUT2D eigenvalue weighted by Gasteiger charge is -2.19. The van der Waals surface area contributed by atoms with Crippen molar-refractivity contribution < 1.29 is 14.3 Å². The van der Waals surface area contributed by atoms with Crippen LogP contribution in [0.4, 0.5) is 4.79 Å². The van der Waals surface area contributed by atoms with Crippen LogP contribution < -0.4 is 5.32 Å². The molecule has 0 aliphatic rings. The largest absolute Gasteiger partial charge is 0.444 e. The summed E-state index contributed by atoms with van der Waals surface area (Å²) in [6.07, 6.45) is 0.744. The molecule has 0 aromatic rings. The zero-order chi connectivity index (χ0) is 12.8. The molecule has 1 amide bonds. The maximum absolute atomic E-state index is 11.3. The predicted molar refractivity (Wildman–Crippen MR) is 63.3 cm³/mol. The minimum atomic E-state index is -0.474. The highest BCUT2D eigenvalue weighted by molar-refractivity contribution is 5.80. The van der Waals surface area contributed by atoms with Gasteiger partial charge in [-0.3, -0.25) is 4.79 Å². The molecule has 4 heteroatoms. The van der Waals surface area contributed by atoms with E-state index in [4.69, 9.17) is 4.74 Å². The van der Waals surface area contributed by atoms with E-state index in [1.165, 1.54) is 0 Å². The minimum Gasteiger partial charge on any atom is -0.444 e. The first-order valence-corrected chi connectivity index (χ1v) is 5.72. The van der Waals surface area contributed by atoms with Crippen LogP contribution in [0.3, 0.4) is 0 Å². The van der Waals surface area contributed by atoms with Crippen LogP contribution in [0, 0.1) is 5.92 Å². The summed E-state index contributed by atoms with van der Waals surface area (Å²) in [5.41, 5.74) is -0.474. The third kappa shape index (κ3) is 8.26. The molecule has 0 aromatic heterocycles. The van der Waals surface area contributed by atoms with Crippen LogP contribution in [-0.2, 0) is 9.53 Å². The van der Waals surface area contributed by atoms with Crippen LogP contribution in [0.15, 0.2) is 0 Å². The number of alkyl carbamates (subject to hydrolysis) is 1. The number of Topliss-reactive ketones (excluding diaryl/α,β-unsaturated/α-hetero) is 1. The number of ketones is 1. The molecule has 0 bridgehead atoms. The Morgan fingerprint density at radius 2 is 1.81 bits per heavy atom. The molecular weight excluding hydrogens is 206 g/mol. The molecule has 0 aliphatic heterocycles. The summed E-state index contributed by atoms with van der Waals surface area (Å²) in [7, 11) is 0. The number of amides is 1. The van der Waals surface area contributed by atoms with Crippen molar-refractivity contribution in [2.75, 3.05) is 6.54 Å². The van der Waals surface area contributed by atoms with Gasteiger partial charge < -0.3 is 10.1 Å². The molecule has 4 nitrogen and oxygen atoms in total. The second kappa shape index (κ2) is 6.51. The van der Waals surface area contributed by atoms with E-state index in [-0.39, 0.29) is 11.7 Å². The normalized spacial score (nSPS) is 11.4. The molecule has 0 saturated carbocycles. The molecule has 0 unspecified atom stereocenters. The number of nitrogens with one attached hydrogen (secondary N) is 1. The highest BCUT2D eigenvalue weighted by Crippen LogP contribution is 2.06. The third-order valence-corrected chi connectivity index (χ3v) is 1.91. The SMILES string of the molecule is CC(C)C(=O)CCCNC(=O)OC(C)(C)C. The Bertz CT molecular complexity index is 241. The van der Waals surface area contributed by atoms with Crippen LogP contribution in [0.2, 0.25) is 0 Å². The van der Waals surface area contributed by atoms with E-state index in [0.29, 0.717) is 19.4 Å². The van der Waals surface area contributed by atoms with Crippen molar-refractivity contribution in [2.45, 2.75) is 53.1 Å². The van der Waals surface area contributed by atoms with Crippen molar-refractivity contribution in [3.8, 4) is 0 Å². The zero-order valence-corrected chi connectivity index (χ0v) is 10.9. The van der Waals surface area contributed by atoms with Crippen molar-refractivity contribution in [1.29, 1.82) is 0 Å². The van der Waals surface area contributed by atoms with Gasteiger partial charge in [0.25, 0.3) is 0 Å². The van der Waals surface area contributed by atoms with Gasteiger partial charge in [-0.25, -0.2) is 4.79 Å². The lowest BCUT2D eigenvalue weighted by atomic mass is 10.1. The topological polar surface area (TPSA) is 55.4 Å². The Kier molecular flexibility index (Phi) is 6.08. The summed E-state index contributed by atoms with van der Waals surface area (Å²) in [5.74, 6) is 0.299. The molecule has 1 N–H and O–H groups in total. The second-order valence-corrected chi connectivity index (χ2v) is 5.15. The quantitative estimate of drug-likeness (QED) is 0.737. The molecule has 0 spiro atoms. The first-order valence-electron chi connectivity index (χ1n) is 5.72. The molecule has 0 fully saturated rings. The van der Waals surface area contributed by atoms with Gasteiger partial charge in [-0.2, -0.15) is 0 Å². The number of carbonyl (C=O) groups excluding carboxylic acids is 2. The zero-order valence-electron chi connectivity index (χ0n) is 10.9. The van der Waals surface area contributed by atoms with Crippen molar-refractivity contribution >= 4 is 11.9 Å². The highest BCUT2D eigenvalue weighted by atomic mass is 16.6. The van der Waals surface area contributed by atoms with Gasteiger partial charge in [0.15, 0.2) is 0 Å². The molecular formula is C12H23NO3. The molecule has 94 valence electrons. The van der Waals surface area contributed by atoms with E-state index in [0.717, 1.165) is 0 Å². The van der Waals surface area contributed by atoms with Crippen LogP contribution in [-0.4, -0.2) is 24.0 Å². The van der Waals surface area contributed by atoms with Crippen LogP contribution in [0.25, 0.3) is 0 Å². The van der Waals surface area contributed by atoms with Crippen molar-refractivity contribution in [3.63, 3.8) is 0 Å². The van der Waals surface area contributed by atoms with E-state index in [1.807, 2.05) is 34.6 Å². The van der Waals surface area contributed by atoms with Gasteiger partial charge in [0.05, 0.1) is 0 Å².